The van der Waals surface area contributed by atoms with E-state index in [9.17, 15) is 4.39 Å². The molecule has 0 fully saturated rings. The van der Waals surface area contributed by atoms with Crippen LogP contribution >= 0.6 is 11.6 Å². The molecule has 0 saturated carbocycles. The third-order valence-corrected chi connectivity index (χ3v) is 2.40. The van der Waals surface area contributed by atoms with Crippen LogP contribution in [0.2, 0.25) is 5.02 Å². The molecule has 0 aliphatic carbocycles. The Hall–Kier alpha value is -1.11. The van der Waals surface area contributed by atoms with Crippen LogP contribution < -0.4 is 5.73 Å². The van der Waals surface area contributed by atoms with Gasteiger partial charge < -0.3 is 5.73 Å². The van der Waals surface area contributed by atoms with E-state index in [4.69, 9.17) is 22.6 Å². The predicted molar refractivity (Wildman–Crippen MR) is 53.3 cm³/mol. The minimum absolute atomic E-state index is 0.0952. The van der Waals surface area contributed by atoms with Gasteiger partial charge in [-0.25, -0.2) is 4.39 Å². The number of nitrogens with two attached hydrogens (primary N) is 1. The van der Waals surface area contributed by atoms with E-state index in [1.165, 1.54) is 6.07 Å². The fourth-order valence-electron chi connectivity index (χ4n) is 1.17. The van der Waals surface area contributed by atoms with Gasteiger partial charge in [0.15, 0.2) is 0 Å². The Labute approximate surface area is 87.1 Å². The monoisotopic (exact) mass is 212 g/mol. The number of hydrogen-bond acceptors (Lipinski definition) is 2. The van der Waals surface area contributed by atoms with Crippen molar-refractivity contribution in [3.05, 3.63) is 34.1 Å². The molecule has 74 valence electrons. The Morgan fingerprint density at radius 3 is 2.86 bits per heavy atom. The van der Waals surface area contributed by atoms with Crippen molar-refractivity contribution < 1.29 is 4.39 Å². The van der Waals surface area contributed by atoms with Crippen LogP contribution in [-0.2, 0) is 0 Å². The van der Waals surface area contributed by atoms with E-state index in [1.54, 1.807) is 13.0 Å². The topological polar surface area (TPSA) is 49.8 Å². The number of hydrogen-bond donors (Lipinski definition) is 1. The Balaban J connectivity index is 3.10. The zero-order chi connectivity index (χ0) is 10.7. The summed E-state index contributed by atoms with van der Waals surface area (Å²) in [5, 5.41) is 8.81. The molecule has 0 amide bonds. The zero-order valence-corrected chi connectivity index (χ0v) is 8.48. The van der Waals surface area contributed by atoms with Crippen LogP contribution in [0.5, 0.6) is 0 Å². The molecular formula is C10H10ClFN2. The summed E-state index contributed by atoms with van der Waals surface area (Å²) in [5.74, 6) is -0.455. The van der Waals surface area contributed by atoms with Gasteiger partial charge in [0.1, 0.15) is 5.82 Å². The molecule has 14 heavy (non-hydrogen) atoms. The predicted octanol–water partition coefficient (Wildman–Crippen LogP) is 2.70. The van der Waals surface area contributed by atoms with Gasteiger partial charge in [0.05, 0.1) is 12.5 Å². The van der Waals surface area contributed by atoms with Crippen molar-refractivity contribution in [2.45, 2.75) is 19.4 Å². The smallest absolute Gasteiger partial charge is 0.129 e. The Morgan fingerprint density at radius 1 is 1.64 bits per heavy atom. The Bertz CT molecular complexity index is 384. The van der Waals surface area contributed by atoms with Crippen molar-refractivity contribution in [3.8, 4) is 6.07 Å². The maximum absolute atomic E-state index is 13.3. The third kappa shape index (κ3) is 2.22. The molecular weight excluding hydrogens is 203 g/mol. The molecule has 4 heteroatoms. The maximum Gasteiger partial charge on any atom is 0.129 e. The van der Waals surface area contributed by atoms with E-state index < -0.39 is 11.9 Å². The number of aryl methyl sites for hydroxylation is 1. The van der Waals surface area contributed by atoms with Crippen LogP contribution in [0.3, 0.4) is 0 Å². The summed E-state index contributed by atoms with van der Waals surface area (Å²) >= 11 is 5.72. The van der Waals surface area contributed by atoms with Crippen molar-refractivity contribution in [1.29, 1.82) is 5.26 Å². The highest BCUT2D eigenvalue weighted by atomic mass is 35.5. The van der Waals surface area contributed by atoms with Gasteiger partial charge in [-0.3, -0.25) is 0 Å². The van der Waals surface area contributed by atoms with Gasteiger partial charge in [-0.2, -0.15) is 5.26 Å². The second-order valence-electron chi connectivity index (χ2n) is 3.09. The molecule has 0 aliphatic heterocycles. The molecule has 0 heterocycles. The summed E-state index contributed by atoms with van der Waals surface area (Å²) in [4.78, 5) is 0. The minimum Gasteiger partial charge on any atom is -0.323 e. The van der Waals surface area contributed by atoms with Crippen molar-refractivity contribution in [2.75, 3.05) is 0 Å². The molecule has 0 spiro atoms. The molecule has 1 atom stereocenters. The fraction of sp³-hybridized carbons (Fsp3) is 0.300. The highest BCUT2D eigenvalue weighted by Crippen LogP contribution is 2.24. The SMILES string of the molecule is Cc1cc([C@@H](N)CC#N)c(F)cc1Cl. The van der Waals surface area contributed by atoms with Gasteiger partial charge in [0, 0.05) is 16.6 Å². The number of nitrogens with zero attached hydrogens (tertiary/aromatic N) is 1. The van der Waals surface area contributed by atoms with Crippen molar-refractivity contribution in [3.63, 3.8) is 0 Å². The van der Waals surface area contributed by atoms with Crippen LogP contribution in [0, 0.1) is 24.1 Å². The molecule has 2 nitrogen and oxygen atoms in total. The van der Waals surface area contributed by atoms with Crippen LogP contribution in [-0.4, -0.2) is 0 Å². The van der Waals surface area contributed by atoms with E-state index >= 15 is 0 Å². The summed E-state index contributed by atoms with van der Waals surface area (Å²) in [6, 6.07) is 4.12. The first kappa shape index (κ1) is 11.0. The molecule has 0 bridgehead atoms. The third-order valence-electron chi connectivity index (χ3n) is 1.99. The molecule has 1 aromatic carbocycles. The Kier molecular flexibility index (Phi) is 3.45. The normalized spacial score (nSPS) is 12.2. The summed E-state index contributed by atoms with van der Waals surface area (Å²) in [6.45, 7) is 1.77. The van der Waals surface area contributed by atoms with Crippen LogP contribution in [0.25, 0.3) is 0 Å². The molecule has 0 aromatic heterocycles. The summed E-state index contributed by atoms with van der Waals surface area (Å²) in [6.07, 6.45) is 0.0952. The number of halogens is 2. The van der Waals surface area contributed by atoms with Crippen LogP contribution in [0.1, 0.15) is 23.6 Å². The van der Waals surface area contributed by atoms with E-state index in [0.29, 0.717) is 10.6 Å². The van der Waals surface area contributed by atoms with E-state index in [0.717, 1.165) is 5.56 Å². The second kappa shape index (κ2) is 4.41. The quantitative estimate of drug-likeness (QED) is 0.820. The molecule has 0 radical (unpaired) electrons. The summed E-state index contributed by atoms with van der Waals surface area (Å²) in [7, 11) is 0. The van der Waals surface area contributed by atoms with Crippen molar-refractivity contribution in [1.82, 2.24) is 0 Å². The molecule has 0 aliphatic rings. The van der Waals surface area contributed by atoms with Gasteiger partial charge in [-0.15, -0.1) is 0 Å². The first-order valence-electron chi connectivity index (χ1n) is 4.14. The average molecular weight is 213 g/mol. The van der Waals surface area contributed by atoms with E-state index in [2.05, 4.69) is 0 Å². The van der Waals surface area contributed by atoms with E-state index in [-0.39, 0.29) is 6.42 Å². The number of rotatable bonds is 2. The van der Waals surface area contributed by atoms with Gasteiger partial charge in [0.2, 0.25) is 0 Å². The lowest BCUT2D eigenvalue weighted by Gasteiger charge is -2.10. The largest absolute Gasteiger partial charge is 0.323 e. The van der Waals surface area contributed by atoms with Crippen molar-refractivity contribution in [2.24, 2.45) is 5.73 Å². The molecule has 1 rings (SSSR count). The number of benzene rings is 1. The first-order chi connectivity index (χ1) is 6.56. The van der Waals surface area contributed by atoms with E-state index in [1.807, 2.05) is 6.07 Å². The summed E-state index contributed by atoms with van der Waals surface area (Å²) in [5.41, 5.74) is 6.72. The molecule has 2 N–H and O–H groups in total. The molecule has 0 unspecified atom stereocenters. The maximum atomic E-state index is 13.3. The Morgan fingerprint density at radius 2 is 2.29 bits per heavy atom. The van der Waals surface area contributed by atoms with Gasteiger partial charge >= 0.3 is 0 Å². The van der Waals surface area contributed by atoms with Gasteiger partial charge in [-0.1, -0.05) is 17.7 Å². The molecule has 1 aromatic rings. The van der Waals surface area contributed by atoms with Gasteiger partial charge in [0.25, 0.3) is 0 Å². The van der Waals surface area contributed by atoms with Crippen molar-refractivity contribution >= 4 is 11.6 Å². The number of nitriles is 1. The highest BCUT2D eigenvalue weighted by molar-refractivity contribution is 6.31. The minimum atomic E-state index is -0.587. The average Bonchev–Trinajstić information content (AvgIpc) is 2.11. The standard InChI is InChI=1S/C10H10ClFN2/c1-6-4-7(10(14)2-3-13)9(12)5-8(6)11/h4-5,10H,2,14H2,1H3/t10-/m0/s1. The first-order valence-corrected chi connectivity index (χ1v) is 4.52. The highest BCUT2D eigenvalue weighted by Gasteiger charge is 2.12. The fourth-order valence-corrected chi connectivity index (χ4v) is 1.32. The lowest BCUT2D eigenvalue weighted by Crippen LogP contribution is -2.11. The van der Waals surface area contributed by atoms with Crippen LogP contribution in [0.15, 0.2) is 12.1 Å². The van der Waals surface area contributed by atoms with Gasteiger partial charge in [-0.05, 0) is 18.6 Å². The lowest BCUT2D eigenvalue weighted by atomic mass is 10.0. The molecule has 0 saturated heterocycles. The second-order valence-corrected chi connectivity index (χ2v) is 3.50. The lowest BCUT2D eigenvalue weighted by molar-refractivity contribution is 0.584. The zero-order valence-electron chi connectivity index (χ0n) is 7.72. The van der Waals surface area contributed by atoms with Crippen LogP contribution in [0.4, 0.5) is 4.39 Å². The summed E-state index contributed by atoms with van der Waals surface area (Å²) < 4.78 is 13.3.